The lowest BCUT2D eigenvalue weighted by molar-refractivity contribution is -0.320. The highest BCUT2D eigenvalue weighted by Gasteiger charge is 2.46. The summed E-state index contributed by atoms with van der Waals surface area (Å²) in [7, 11) is 3.41. The van der Waals surface area contributed by atoms with Crippen molar-refractivity contribution in [3.63, 3.8) is 0 Å². The van der Waals surface area contributed by atoms with Gasteiger partial charge in [0.15, 0.2) is 0 Å². The smallest absolute Gasteiger partial charge is 0.280 e. The summed E-state index contributed by atoms with van der Waals surface area (Å²) in [4.78, 5) is 0. The molecule has 5 unspecified atom stereocenters. The van der Waals surface area contributed by atoms with E-state index in [1.54, 1.807) is 14.2 Å². The van der Waals surface area contributed by atoms with Crippen molar-refractivity contribution in [3.05, 3.63) is 0 Å². The van der Waals surface area contributed by atoms with Crippen LogP contribution in [-0.2, 0) is 18.9 Å². The van der Waals surface area contributed by atoms with E-state index in [1.807, 2.05) is 6.92 Å². The van der Waals surface area contributed by atoms with Crippen molar-refractivity contribution >= 4 is 0 Å². The molecule has 0 amide bonds. The van der Waals surface area contributed by atoms with Gasteiger partial charge < -0.3 is 18.9 Å². The molecule has 0 aromatic heterocycles. The minimum absolute atomic E-state index is 0.0838. The zero-order valence-corrected chi connectivity index (χ0v) is 11.3. The third-order valence-electron chi connectivity index (χ3n) is 4.05. The molecule has 0 bridgehead atoms. The van der Waals surface area contributed by atoms with Crippen LogP contribution in [0.3, 0.4) is 0 Å². The maximum Gasteiger partial charge on any atom is 0.280 e. The van der Waals surface area contributed by atoms with E-state index in [-0.39, 0.29) is 12.2 Å². The molecule has 0 aromatic carbocycles. The highest BCUT2D eigenvalue weighted by atomic mass is 16.9. The topological polar surface area (TPSA) is 36.9 Å². The molecule has 0 radical (unpaired) electrons. The second kappa shape index (κ2) is 5.22. The second-order valence-electron chi connectivity index (χ2n) is 5.26. The molecule has 0 aromatic rings. The van der Waals surface area contributed by atoms with Gasteiger partial charge in [-0.15, -0.1) is 0 Å². The number of rotatable bonds is 3. The molecule has 17 heavy (non-hydrogen) atoms. The van der Waals surface area contributed by atoms with Gasteiger partial charge in [-0.1, -0.05) is 6.42 Å². The average molecular weight is 244 g/mol. The maximum absolute atomic E-state index is 5.94. The van der Waals surface area contributed by atoms with E-state index in [9.17, 15) is 0 Å². The monoisotopic (exact) mass is 244 g/mol. The van der Waals surface area contributed by atoms with Crippen LogP contribution in [-0.4, -0.2) is 38.5 Å². The average Bonchev–Trinajstić information content (AvgIpc) is 2.66. The van der Waals surface area contributed by atoms with Crippen molar-refractivity contribution in [3.8, 4) is 0 Å². The second-order valence-corrected chi connectivity index (χ2v) is 5.26. The first-order valence-electron chi connectivity index (χ1n) is 6.51. The van der Waals surface area contributed by atoms with Gasteiger partial charge in [0.25, 0.3) is 5.97 Å². The molecule has 2 aliphatic rings. The Hall–Kier alpha value is -0.160. The third-order valence-corrected chi connectivity index (χ3v) is 4.05. The van der Waals surface area contributed by atoms with Crippen molar-refractivity contribution in [2.75, 3.05) is 14.2 Å². The quantitative estimate of drug-likeness (QED) is 0.763. The Kier molecular flexibility index (Phi) is 4.08. The predicted molar refractivity (Wildman–Crippen MR) is 63.6 cm³/mol. The summed E-state index contributed by atoms with van der Waals surface area (Å²) in [5.41, 5.74) is 0. The zero-order valence-electron chi connectivity index (χ0n) is 11.3. The first-order valence-corrected chi connectivity index (χ1v) is 6.51. The lowest BCUT2D eigenvalue weighted by atomic mass is 9.82. The van der Waals surface area contributed by atoms with Crippen molar-refractivity contribution in [2.45, 2.75) is 63.8 Å². The highest BCUT2D eigenvalue weighted by molar-refractivity contribution is 4.86. The molecular formula is C13H24O4. The summed E-state index contributed by atoms with van der Waals surface area (Å²) in [5.74, 6) is -0.356. The summed E-state index contributed by atoms with van der Waals surface area (Å²) < 4.78 is 22.4. The van der Waals surface area contributed by atoms with E-state index in [4.69, 9.17) is 18.9 Å². The minimum Gasteiger partial charge on any atom is -0.381 e. The molecule has 2 fully saturated rings. The van der Waals surface area contributed by atoms with E-state index in [0.717, 1.165) is 12.8 Å². The number of ether oxygens (including phenoxy) is 4. The Morgan fingerprint density at radius 2 is 1.94 bits per heavy atom. The van der Waals surface area contributed by atoms with E-state index in [1.165, 1.54) is 12.8 Å². The van der Waals surface area contributed by atoms with Crippen molar-refractivity contribution in [1.29, 1.82) is 0 Å². The first-order chi connectivity index (χ1) is 8.08. The fourth-order valence-electron chi connectivity index (χ4n) is 3.04. The van der Waals surface area contributed by atoms with Crippen LogP contribution in [0, 0.1) is 5.92 Å². The minimum atomic E-state index is -0.871. The van der Waals surface area contributed by atoms with Crippen LogP contribution in [0.4, 0.5) is 0 Å². The maximum atomic E-state index is 5.94. The summed E-state index contributed by atoms with van der Waals surface area (Å²) in [6, 6.07) is 0. The van der Waals surface area contributed by atoms with E-state index in [2.05, 4.69) is 6.92 Å². The van der Waals surface area contributed by atoms with Crippen molar-refractivity contribution in [1.82, 2.24) is 0 Å². The molecule has 4 nitrogen and oxygen atoms in total. The summed E-state index contributed by atoms with van der Waals surface area (Å²) in [5, 5.41) is 0. The van der Waals surface area contributed by atoms with Gasteiger partial charge in [-0.25, -0.2) is 0 Å². The molecule has 0 N–H and O–H groups in total. The lowest BCUT2D eigenvalue weighted by Crippen LogP contribution is -2.36. The van der Waals surface area contributed by atoms with Gasteiger partial charge in [0.2, 0.25) is 0 Å². The Balaban J connectivity index is 1.98. The van der Waals surface area contributed by atoms with Crippen LogP contribution < -0.4 is 0 Å². The molecule has 1 saturated carbocycles. The number of hydrogen-bond donors (Lipinski definition) is 0. The van der Waals surface area contributed by atoms with Gasteiger partial charge in [0.1, 0.15) is 0 Å². The Morgan fingerprint density at radius 3 is 2.53 bits per heavy atom. The largest absolute Gasteiger partial charge is 0.381 e. The van der Waals surface area contributed by atoms with Gasteiger partial charge >= 0.3 is 0 Å². The van der Waals surface area contributed by atoms with Crippen LogP contribution in [0.2, 0.25) is 0 Å². The van der Waals surface area contributed by atoms with Crippen LogP contribution >= 0.6 is 0 Å². The predicted octanol–water partition coefficient (Wildman–Crippen LogP) is 2.32. The first kappa shape index (κ1) is 13.3. The van der Waals surface area contributed by atoms with Crippen LogP contribution in [0.25, 0.3) is 0 Å². The Morgan fingerprint density at radius 1 is 1.18 bits per heavy atom. The molecule has 5 atom stereocenters. The lowest BCUT2D eigenvalue weighted by Gasteiger charge is -2.32. The molecule has 1 heterocycles. The van der Waals surface area contributed by atoms with Gasteiger partial charge in [0.05, 0.1) is 18.3 Å². The van der Waals surface area contributed by atoms with Crippen molar-refractivity contribution in [2.24, 2.45) is 5.92 Å². The Labute approximate surface area is 104 Å². The van der Waals surface area contributed by atoms with Crippen LogP contribution in [0.15, 0.2) is 0 Å². The van der Waals surface area contributed by atoms with Crippen LogP contribution in [0.5, 0.6) is 0 Å². The SMILES string of the molecule is COC1CCCC(C2OC(C)(OC)OC2C)C1. The van der Waals surface area contributed by atoms with Gasteiger partial charge in [-0.05, 0) is 32.1 Å². The molecule has 1 aliphatic heterocycles. The zero-order chi connectivity index (χ0) is 12.5. The van der Waals surface area contributed by atoms with E-state index < -0.39 is 5.97 Å². The van der Waals surface area contributed by atoms with E-state index >= 15 is 0 Å². The van der Waals surface area contributed by atoms with E-state index in [0.29, 0.717) is 12.0 Å². The Bertz CT molecular complexity index is 258. The molecule has 2 rings (SSSR count). The summed E-state index contributed by atoms with van der Waals surface area (Å²) in [6.07, 6.45) is 5.21. The third kappa shape index (κ3) is 2.81. The molecule has 1 saturated heterocycles. The van der Waals surface area contributed by atoms with Gasteiger partial charge in [-0.3, -0.25) is 0 Å². The van der Waals surface area contributed by atoms with Gasteiger partial charge in [-0.2, -0.15) is 0 Å². The molecule has 4 heteroatoms. The van der Waals surface area contributed by atoms with Gasteiger partial charge in [0, 0.05) is 21.1 Å². The normalized spacial score (nSPS) is 47.3. The molecule has 1 aliphatic carbocycles. The number of hydrogen-bond acceptors (Lipinski definition) is 4. The highest BCUT2D eigenvalue weighted by Crippen LogP contribution is 2.39. The number of methoxy groups -OCH3 is 2. The summed E-state index contributed by atoms with van der Waals surface area (Å²) in [6.45, 7) is 3.89. The molecule has 100 valence electrons. The summed E-state index contributed by atoms with van der Waals surface area (Å²) >= 11 is 0. The van der Waals surface area contributed by atoms with Crippen molar-refractivity contribution < 1.29 is 18.9 Å². The fourth-order valence-corrected chi connectivity index (χ4v) is 3.04. The standard InChI is InChI=1S/C13H24O4/c1-9-12(17-13(2,15-4)16-9)10-6-5-7-11(8-10)14-3/h9-12H,5-8H2,1-4H3. The molecular weight excluding hydrogens is 220 g/mol. The fraction of sp³-hybridized carbons (Fsp3) is 1.00. The molecule has 0 spiro atoms. The van der Waals surface area contributed by atoms with Crippen LogP contribution in [0.1, 0.15) is 39.5 Å².